The highest BCUT2D eigenvalue weighted by Gasteiger charge is 2.22. The number of rotatable bonds is 26. The Morgan fingerprint density at radius 2 is 0.800 bits per heavy atom. The van der Waals surface area contributed by atoms with Gasteiger partial charge in [-0.1, -0.05) is 183 Å². The van der Waals surface area contributed by atoms with Crippen molar-refractivity contribution in [2.45, 2.75) is 156 Å². The van der Waals surface area contributed by atoms with Gasteiger partial charge in [0.15, 0.2) is 0 Å². The first-order valence-electron chi connectivity index (χ1n) is 17.8. The maximum Gasteiger partial charge on any atom is -0.00857 e. The van der Waals surface area contributed by atoms with E-state index in [4.69, 9.17) is 0 Å². The van der Waals surface area contributed by atoms with Crippen LogP contribution in [0, 0.1) is 0 Å². The van der Waals surface area contributed by atoms with E-state index in [-0.39, 0.29) is 15.8 Å². The molecule has 0 aliphatic carbocycles. The molecule has 0 radical (unpaired) electrons. The molecule has 2 rings (SSSR count). The fourth-order valence-electron chi connectivity index (χ4n) is 6.14. The molecule has 0 nitrogen and oxygen atoms in total. The summed E-state index contributed by atoms with van der Waals surface area (Å²) in [5.41, 5.74) is 0. The van der Waals surface area contributed by atoms with E-state index < -0.39 is 0 Å². The molecule has 228 valence electrons. The quantitative estimate of drug-likeness (QED) is 0.0762. The second-order valence-electron chi connectivity index (χ2n) is 12.3. The van der Waals surface area contributed by atoms with E-state index in [9.17, 15) is 0 Å². The van der Waals surface area contributed by atoms with Crippen LogP contribution in [0.4, 0.5) is 0 Å². The van der Waals surface area contributed by atoms with E-state index >= 15 is 0 Å². The van der Waals surface area contributed by atoms with Crippen molar-refractivity contribution in [1.82, 2.24) is 0 Å². The predicted octanol–water partition coefficient (Wildman–Crippen LogP) is 12.9. The van der Waals surface area contributed by atoms with Gasteiger partial charge >= 0.3 is 0 Å². The van der Waals surface area contributed by atoms with E-state index in [1.807, 2.05) is 10.6 Å². The monoisotopic (exact) mass is 584 g/mol. The minimum Gasteiger partial charge on any atom is -0.0746 e. The molecule has 0 amide bonds. The van der Waals surface area contributed by atoms with Gasteiger partial charge in [0.25, 0.3) is 0 Å². The summed E-state index contributed by atoms with van der Waals surface area (Å²) < 4.78 is 0. The predicted molar refractivity (Wildman–Crippen MR) is 192 cm³/mol. The van der Waals surface area contributed by atoms with Crippen molar-refractivity contribution in [2.24, 2.45) is 0 Å². The van der Waals surface area contributed by atoms with Crippen LogP contribution in [0.3, 0.4) is 0 Å². The number of benzene rings is 2. The van der Waals surface area contributed by atoms with Gasteiger partial charge in [-0.15, -0.1) is 0 Å². The lowest BCUT2D eigenvalue weighted by Crippen LogP contribution is -2.26. The minimum absolute atomic E-state index is 0.0565. The minimum atomic E-state index is -0.0831. The van der Waals surface area contributed by atoms with Crippen molar-refractivity contribution in [3.63, 3.8) is 0 Å². The summed E-state index contributed by atoms with van der Waals surface area (Å²) in [6, 6.07) is 14.6. The van der Waals surface area contributed by atoms with Gasteiger partial charge in [-0.3, -0.25) is 0 Å². The van der Waals surface area contributed by atoms with Crippen LogP contribution < -0.4 is 10.6 Å². The fraction of sp³-hybridized carbons (Fsp3) is 0.737. The molecule has 0 atom stereocenters. The molecular weight excluding hydrogens is 518 g/mol. The Morgan fingerprint density at radius 1 is 0.400 bits per heavy atom. The van der Waals surface area contributed by atoms with E-state index in [0.717, 1.165) is 0 Å². The van der Waals surface area contributed by atoms with Gasteiger partial charge in [-0.05, 0) is 71.7 Å². The SMILES string of the molecule is CCCCCCCP(CCCCCCC)c1ccc2ccccc2c1P(CCCCCCC)CCCCCCC. The lowest BCUT2D eigenvalue weighted by Gasteiger charge is -2.28. The number of unbranched alkanes of at least 4 members (excludes halogenated alkanes) is 16. The van der Waals surface area contributed by atoms with Crippen molar-refractivity contribution >= 4 is 37.2 Å². The molecular formula is C38H66P2. The molecule has 0 aromatic heterocycles. The topological polar surface area (TPSA) is 0 Å². The Morgan fingerprint density at radius 3 is 1.25 bits per heavy atom. The average Bonchev–Trinajstić information content (AvgIpc) is 2.98. The van der Waals surface area contributed by atoms with E-state index in [2.05, 4.69) is 64.1 Å². The lowest BCUT2D eigenvalue weighted by atomic mass is 10.1. The molecule has 0 bridgehead atoms. The average molecular weight is 585 g/mol. The van der Waals surface area contributed by atoms with Crippen molar-refractivity contribution in [3.05, 3.63) is 36.4 Å². The molecule has 2 aromatic carbocycles. The Hall–Kier alpha value is -0.440. The third-order valence-corrected chi connectivity index (χ3v) is 14.4. The summed E-state index contributed by atoms with van der Waals surface area (Å²) in [5.74, 6) is 0. The fourth-order valence-corrected chi connectivity index (χ4v) is 12.4. The van der Waals surface area contributed by atoms with Gasteiger partial charge in [-0.25, -0.2) is 0 Å². The molecule has 0 fully saturated rings. The number of hydrogen-bond donors (Lipinski definition) is 0. The highest BCUT2D eigenvalue weighted by Crippen LogP contribution is 2.45. The standard InChI is InChI=1S/C38H66P2/c1-5-9-13-17-23-31-39(32-24-18-14-10-6-2)37-30-29-35-27-21-22-28-36(35)38(37)40(33-25-19-15-11-7-3)34-26-20-16-12-8-4/h21-22,27-30H,5-20,23-26,31-34H2,1-4H3. The molecule has 0 N–H and O–H groups in total. The van der Waals surface area contributed by atoms with Crippen LogP contribution in [0.25, 0.3) is 10.8 Å². The summed E-state index contributed by atoms with van der Waals surface area (Å²) >= 11 is 0. The van der Waals surface area contributed by atoms with Gasteiger partial charge in [0.05, 0.1) is 0 Å². The molecule has 0 unspecified atom stereocenters. The maximum absolute atomic E-state index is 2.64. The van der Waals surface area contributed by atoms with Crippen LogP contribution in [-0.4, -0.2) is 24.6 Å². The van der Waals surface area contributed by atoms with E-state index in [0.29, 0.717) is 0 Å². The van der Waals surface area contributed by atoms with Crippen LogP contribution in [-0.2, 0) is 0 Å². The molecule has 0 saturated carbocycles. The Kier molecular flexibility index (Phi) is 21.5. The highest BCUT2D eigenvalue weighted by atomic mass is 31.1. The van der Waals surface area contributed by atoms with Gasteiger partial charge in [-0.2, -0.15) is 0 Å². The smallest absolute Gasteiger partial charge is 0.00857 e. The molecule has 2 heteroatoms. The molecule has 40 heavy (non-hydrogen) atoms. The first-order valence-corrected chi connectivity index (χ1v) is 21.2. The third-order valence-electron chi connectivity index (χ3n) is 8.66. The van der Waals surface area contributed by atoms with Crippen LogP contribution in [0.15, 0.2) is 36.4 Å². The van der Waals surface area contributed by atoms with Gasteiger partial charge in [0, 0.05) is 0 Å². The van der Waals surface area contributed by atoms with Crippen LogP contribution in [0.2, 0.25) is 0 Å². The van der Waals surface area contributed by atoms with Crippen molar-refractivity contribution in [1.29, 1.82) is 0 Å². The van der Waals surface area contributed by atoms with Crippen molar-refractivity contribution < 1.29 is 0 Å². The zero-order valence-corrected chi connectivity index (χ0v) is 29.1. The van der Waals surface area contributed by atoms with Crippen molar-refractivity contribution in [2.75, 3.05) is 24.6 Å². The summed E-state index contributed by atoms with van der Waals surface area (Å²) in [6.07, 6.45) is 34.2. The summed E-state index contributed by atoms with van der Waals surface area (Å²) in [5, 5.41) is 6.82. The maximum atomic E-state index is 2.64. The zero-order chi connectivity index (χ0) is 28.7. The first-order chi connectivity index (χ1) is 19.8. The van der Waals surface area contributed by atoms with Crippen LogP contribution in [0.5, 0.6) is 0 Å². The Labute approximate surface area is 253 Å². The van der Waals surface area contributed by atoms with Crippen LogP contribution >= 0.6 is 15.8 Å². The zero-order valence-electron chi connectivity index (χ0n) is 27.3. The summed E-state index contributed by atoms with van der Waals surface area (Å²) in [4.78, 5) is 0. The molecule has 0 spiro atoms. The third kappa shape index (κ3) is 14.2. The van der Waals surface area contributed by atoms with Crippen molar-refractivity contribution in [3.8, 4) is 0 Å². The molecule has 0 aliphatic heterocycles. The van der Waals surface area contributed by atoms with E-state index in [1.54, 1.807) is 5.39 Å². The molecule has 2 aromatic rings. The second-order valence-corrected chi connectivity index (χ2v) is 17.2. The molecule has 0 saturated heterocycles. The first kappa shape index (κ1) is 35.8. The normalized spacial score (nSPS) is 11.8. The van der Waals surface area contributed by atoms with Crippen LogP contribution in [0.1, 0.15) is 156 Å². The number of hydrogen-bond acceptors (Lipinski definition) is 0. The van der Waals surface area contributed by atoms with Gasteiger partial charge in [0.1, 0.15) is 0 Å². The largest absolute Gasteiger partial charge is 0.0746 e. The Balaban J connectivity index is 2.35. The van der Waals surface area contributed by atoms with E-state index in [1.165, 1.54) is 158 Å². The number of fused-ring (bicyclic) bond motifs is 1. The highest BCUT2D eigenvalue weighted by molar-refractivity contribution is 7.72. The molecule has 0 aliphatic rings. The molecule has 0 heterocycles. The Bertz CT molecular complexity index is 832. The summed E-state index contributed by atoms with van der Waals surface area (Å²) in [6.45, 7) is 9.38. The second kappa shape index (κ2) is 24.0. The van der Waals surface area contributed by atoms with Gasteiger partial charge < -0.3 is 0 Å². The van der Waals surface area contributed by atoms with Gasteiger partial charge in [0.2, 0.25) is 0 Å². The summed E-state index contributed by atoms with van der Waals surface area (Å²) in [7, 11) is -0.140. The lowest BCUT2D eigenvalue weighted by molar-refractivity contribution is 0.652.